The van der Waals surface area contributed by atoms with E-state index in [-0.39, 0.29) is 6.10 Å². The van der Waals surface area contributed by atoms with Crippen LogP contribution < -0.4 is 10.1 Å². The van der Waals surface area contributed by atoms with Crippen LogP contribution in [0.25, 0.3) is 0 Å². The number of hydrogen-bond donors (Lipinski definition) is 1. The fourth-order valence-electron chi connectivity index (χ4n) is 1.87. The summed E-state index contributed by atoms with van der Waals surface area (Å²) in [5, 5.41) is 3.26. The fraction of sp³-hybridized carbons (Fsp3) is 0.615. The number of nitrogens with one attached hydrogen (secondary N) is 1. The van der Waals surface area contributed by atoms with Crippen LogP contribution in [0.2, 0.25) is 0 Å². The Labute approximate surface area is 102 Å². The van der Waals surface area contributed by atoms with Crippen molar-refractivity contribution >= 4 is 0 Å². The van der Waals surface area contributed by atoms with E-state index in [0.717, 1.165) is 50.6 Å². The van der Waals surface area contributed by atoms with Crippen molar-refractivity contribution in [1.82, 2.24) is 10.3 Å². The quantitative estimate of drug-likeness (QED) is 0.846. The number of aromatic nitrogens is 1. The van der Waals surface area contributed by atoms with Gasteiger partial charge in [0.1, 0.15) is 11.9 Å². The largest absolute Gasteiger partial charge is 0.490 e. The normalized spacial score (nSPS) is 17.0. The molecular formula is C13H20N2O2. The summed E-state index contributed by atoms with van der Waals surface area (Å²) >= 11 is 0. The predicted molar refractivity (Wildman–Crippen MR) is 66.1 cm³/mol. The van der Waals surface area contributed by atoms with Crippen molar-refractivity contribution in [2.75, 3.05) is 19.8 Å². The van der Waals surface area contributed by atoms with Gasteiger partial charge < -0.3 is 14.8 Å². The highest BCUT2D eigenvalue weighted by Gasteiger charge is 2.15. The van der Waals surface area contributed by atoms with Crippen LogP contribution in [-0.2, 0) is 11.3 Å². The van der Waals surface area contributed by atoms with Gasteiger partial charge in [0.2, 0.25) is 0 Å². The summed E-state index contributed by atoms with van der Waals surface area (Å²) < 4.78 is 11.2. The van der Waals surface area contributed by atoms with Crippen LogP contribution in [0.15, 0.2) is 18.3 Å². The first-order valence-electron chi connectivity index (χ1n) is 6.28. The van der Waals surface area contributed by atoms with Gasteiger partial charge in [0.15, 0.2) is 0 Å². The van der Waals surface area contributed by atoms with Gasteiger partial charge in [-0.25, -0.2) is 0 Å². The Bertz CT molecular complexity index is 338. The van der Waals surface area contributed by atoms with Crippen LogP contribution in [0.5, 0.6) is 5.75 Å². The first-order chi connectivity index (χ1) is 8.38. The number of ether oxygens (including phenoxy) is 2. The van der Waals surface area contributed by atoms with Gasteiger partial charge >= 0.3 is 0 Å². The molecule has 1 aliphatic heterocycles. The van der Waals surface area contributed by atoms with E-state index in [1.54, 1.807) is 6.20 Å². The highest BCUT2D eigenvalue weighted by molar-refractivity contribution is 5.22. The highest BCUT2D eigenvalue weighted by atomic mass is 16.5. The van der Waals surface area contributed by atoms with Gasteiger partial charge in [-0.1, -0.05) is 6.92 Å². The maximum Gasteiger partial charge on any atom is 0.123 e. The first-order valence-corrected chi connectivity index (χ1v) is 6.28. The molecular weight excluding hydrogens is 216 g/mol. The molecule has 0 aliphatic carbocycles. The molecule has 4 nitrogen and oxygen atoms in total. The van der Waals surface area contributed by atoms with E-state index in [1.807, 2.05) is 12.1 Å². The van der Waals surface area contributed by atoms with E-state index < -0.39 is 0 Å². The highest BCUT2D eigenvalue weighted by Crippen LogP contribution is 2.18. The second kappa shape index (κ2) is 6.57. The lowest BCUT2D eigenvalue weighted by molar-refractivity contribution is 0.0255. The lowest BCUT2D eigenvalue weighted by Gasteiger charge is -2.23. The molecule has 1 aliphatic rings. The molecule has 0 radical (unpaired) electrons. The van der Waals surface area contributed by atoms with Crippen LogP contribution in [0, 0.1) is 0 Å². The van der Waals surface area contributed by atoms with Crippen LogP contribution >= 0.6 is 0 Å². The summed E-state index contributed by atoms with van der Waals surface area (Å²) in [5.74, 6) is 0.916. The van der Waals surface area contributed by atoms with Gasteiger partial charge in [-0.2, -0.15) is 0 Å². The molecule has 1 aromatic rings. The van der Waals surface area contributed by atoms with Crippen molar-refractivity contribution < 1.29 is 9.47 Å². The summed E-state index contributed by atoms with van der Waals surface area (Å²) in [6.07, 6.45) is 4.05. The molecule has 0 atom stereocenters. The molecule has 1 aromatic heterocycles. The zero-order valence-electron chi connectivity index (χ0n) is 10.3. The van der Waals surface area contributed by atoms with Gasteiger partial charge in [0, 0.05) is 31.6 Å². The molecule has 1 saturated heterocycles. The molecule has 0 spiro atoms. The second-order valence-electron chi connectivity index (χ2n) is 4.19. The number of hydrogen-bond acceptors (Lipinski definition) is 4. The van der Waals surface area contributed by atoms with Crippen molar-refractivity contribution in [3.63, 3.8) is 0 Å². The number of pyridine rings is 1. The lowest BCUT2D eigenvalue weighted by Crippen LogP contribution is -2.26. The van der Waals surface area contributed by atoms with E-state index in [0.29, 0.717) is 0 Å². The van der Waals surface area contributed by atoms with Crippen molar-refractivity contribution in [3.05, 3.63) is 24.0 Å². The van der Waals surface area contributed by atoms with Gasteiger partial charge in [0.05, 0.1) is 18.9 Å². The van der Waals surface area contributed by atoms with Crippen LogP contribution in [-0.4, -0.2) is 30.8 Å². The Morgan fingerprint density at radius 3 is 3.06 bits per heavy atom. The molecule has 17 heavy (non-hydrogen) atoms. The lowest BCUT2D eigenvalue weighted by atomic mass is 10.1. The Balaban J connectivity index is 1.90. The molecule has 1 fully saturated rings. The van der Waals surface area contributed by atoms with Crippen molar-refractivity contribution in [1.29, 1.82) is 0 Å². The smallest absolute Gasteiger partial charge is 0.123 e. The Kier molecular flexibility index (Phi) is 4.76. The topological polar surface area (TPSA) is 43.4 Å². The molecule has 1 N–H and O–H groups in total. The third-order valence-corrected chi connectivity index (χ3v) is 2.82. The molecule has 0 aromatic carbocycles. The van der Waals surface area contributed by atoms with Crippen molar-refractivity contribution in [2.24, 2.45) is 0 Å². The Morgan fingerprint density at radius 2 is 2.29 bits per heavy atom. The molecule has 94 valence electrons. The van der Waals surface area contributed by atoms with Crippen molar-refractivity contribution in [3.8, 4) is 5.75 Å². The summed E-state index contributed by atoms with van der Waals surface area (Å²) in [6, 6.07) is 3.93. The van der Waals surface area contributed by atoms with E-state index in [4.69, 9.17) is 9.47 Å². The van der Waals surface area contributed by atoms with Crippen molar-refractivity contribution in [2.45, 2.75) is 32.4 Å². The summed E-state index contributed by atoms with van der Waals surface area (Å²) in [5.41, 5.74) is 1.02. The molecule has 2 heterocycles. The second-order valence-corrected chi connectivity index (χ2v) is 4.19. The summed E-state index contributed by atoms with van der Waals surface area (Å²) in [4.78, 5) is 4.30. The standard InChI is InChI=1S/C13H20N2O2/c1-2-14-10-11-9-13(3-6-15-11)17-12-4-7-16-8-5-12/h3,6,9,12,14H,2,4-5,7-8,10H2,1H3. The summed E-state index contributed by atoms with van der Waals surface area (Å²) in [6.45, 7) is 5.44. The third-order valence-electron chi connectivity index (χ3n) is 2.82. The minimum absolute atomic E-state index is 0.290. The Hall–Kier alpha value is -1.13. The third kappa shape index (κ3) is 3.98. The maximum absolute atomic E-state index is 5.93. The molecule has 0 saturated carbocycles. The van der Waals surface area contributed by atoms with E-state index in [1.165, 1.54) is 0 Å². The first kappa shape index (κ1) is 12.3. The fourth-order valence-corrected chi connectivity index (χ4v) is 1.87. The van der Waals surface area contributed by atoms with E-state index in [2.05, 4.69) is 17.2 Å². The molecule has 4 heteroatoms. The molecule has 2 rings (SSSR count). The molecule has 0 amide bonds. The monoisotopic (exact) mass is 236 g/mol. The predicted octanol–water partition coefficient (Wildman–Crippen LogP) is 1.75. The average Bonchev–Trinajstić information content (AvgIpc) is 2.38. The zero-order chi connectivity index (χ0) is 11.9. The maximum atomic E-state index is 5.93. The summed E-state index contributed by atoms with van der Waals surface area (Å²) in [7, 11) is 0. The molecule has 0 unspecified atom stereocenters. The van der Waals surface area contributed by atoms with Gasteiger partial charge in [-0.15, -0.1) is 0 Å². The molecule has 0 bridgehead atoms. The van der Waals surface area contributed by atoms with Gasteiger partial charge in [0.25, 0.3) is 0 Å². The average molecular weight is 236 g/mol. The number of nitrogens with zero attached hydrogens (tertiary/aromatic N) is 1. The minimum atomic E-state index is 0.290. The van der Waals surface area contributed by atoms with Gasteiger partial charge in [-0.05, 0) is 12.6 Å². The van der Waals surface area contributed by atoms with Crippen LogP contribution in [0.4, 0.5) is 0 Å². The van der Waals surface area contributed by atoms with E-state index in [9.17, 15) is 0 Å². The minimum Gasteiger partial charge on any atom is -0.490 e. The Morgan fingerprint density at radius 1 is 1.47 bits per heavy atom. The van der Waals surface area contributed by atoms with Gasteiger partial charge in [-0.3, -0.25) is 4.98 Å². The van der Waals surface area contributed by atoms with Crippen LogP contribution in [0.3, 0.4) is 0 Å². The zero-order valence-corrected chi connectivity index (χ0v) is 10.3. The number of rotatable bonds is 5. The van der Waals surface area contributed by atoms with E-state index >= 15 is 0 Å². The van der Waals surface area contributed by atoms with Crippen LogP contribution in [0.1, 0.15) is 25.5 Å². The SMILES string of the molecule is CCNCc1cc(OC2CCOCC2)ccn1.